The topological polar surface area (TPSA) is 83.8 Å². The van der Waals surface area contributed by atoms with Crippen LogP contribution in [-0.2, 0) is 0 Å². The molecular formula is C8H12N4O. The van der Waals surface area contributed by atoms with Crippen LogP contribution in [0.3, 0.4) is 0 Å². The van der Waals surface area contributed by atoms with Gasteiger partial charge in [-0.25, -0.2) is 0 Å². The molecule has 70 valence electrons. The van der Waals surface area contributed by atoms with E-state index in [-0.39, 0.29) is 5.91 Å². The van der Waals surface area contributed by atoms with Gasteiger partial charge in [0.1, 0.15) is 5.69 Å². The lowest BCUT2D eigenvalue weighted by Gasteiger charge is -2.01. The summed E-state index contributed by atoms with van der Waals surface area (Å²) in [4.78, 5) is 11.5. The minimum absolute atomic E-state index is 0.163. The van der Waals surface area contributed by atoms with Gasteiger partial charge in [0.25, 0.3) is 5.91 Å². The number of hydrogen-bond donors (Lipinski definition) is 3. The number of carbonyl (C=O) groups excluding carboxylic acids is 1. The molecule has 4 N–H and O–H groups in total. The molecule has 1 heterocycles. The van der Waals surface area contributed by atoms with Crippen molar-refractivity contribution in [1.82, 2.24) is 15.5 Å². The molecule has 1 fully saturated rings. The van der Waals surface area contributed by atoms with Crippen molar-refractivity contribution in [2.45, 2.75) is 19.4 Å². The van der Waals surface area contributed by atoms with Gasteiger partial charge in [0.15, 0.2) is 0 Å². The molecule has 0 aliphatic heterocycles. The Hall–Kier alpha value is -1.52. The normalized spacial score (nSPS) is 25.6. The van der Waals surface area contributed by atoms with Gasteiger partial charge in [0.2, 0.25) is 0 Å². The van der Waals surface area contributed by atoms with E-state index < -0.39 is 0 Å². The largest absolute Gasteiger partial charge is 0.396 e. The van der Waals surface area contributed by atoms with E-state index in [1.54, 1.807) is 0 Å². The lowest BCUT2D eigenvalue weighted by molar-refractivity contribution is 0.0945. The number of nitrogen functional groups attached to an aromatic ring is 1. The Bertz CT molecular complexity index is 333. The molecule has 0 spiro atoms. The maximum Gasteiger partial charge on any atom is 0.271 e. The van der Waals surface area contributed by atoms with Crippen molar-refractivity contribution in [1.29, 1.82) is 0 Å². The summed E-state index contributed by atoms with van der Waals surface area (Å²) in [6.07, 6.45) is 2.49. The van der Waals surface area contributed by atoms with Gasteiger partial charge in [0, 0.05) is 6.04 Å². The molecule has 2 rings (SSSR count). The van der Waals surface area contributed by atoms with E-state index in [0.29, 0.717) is 23.3 Å². The monoisotopic (exact) mass is 180 g/mol. The SMILES string of the molecule is CC1CC1NC(=O)c1[nH]ncc1N. The number of carbonyl (C=O) groups is 1. The van der Waals surface area contributed by atoms with Crippen LogP contribution in [0.5, 0.6) is 0 Å². The minimum atomic E-state index is -0.163. The highest BCUT2D eigenvalue weighted by molar-refractivity contribution is 5.97. The summed E-state index contributed by atoms with van der Waals surface area (Å²) in [6.45, 7) is 2.10. The van der Waals surface area contributed by atoms with Crippen molar-refractivity contribution in [3.8, 4) is 0 Å². The van der Waals surface area contributed by atoms with Crippen molar-refractivity contribution < 1.29 is 4.79 Å². The van der Waals surface area contributed by atoms with E-state index in [9.17, 15) is 4.79 Å². The Kier molecular flexibility index (Phi) is 1.72. The first-order chi connectivity index (χ1) is 6.18. The molecule has 1 aromatic rings. The van der Waals surface area contributed by atoms with Gasteiger partial charge >= 0.3 is 0 Å². The van der Waals surface area contributed by atoms with E-state index in [0.717, 1.165) is 6.42 Å². The zero-order chi connectivity index (χ0) is 9.42. The molecule has 13 heavy (non-hydrogen) atoms. The number of nitrogens with one attached hydrogen (secondary N) is 2. The van der Waals surface area contributed by atoms with E-state index in [1.807, 2.05) is 0 Å². The van der Waals surface area contributed by atoms with Crippen LogP contribution in [0, 0.1) is 5.92 Å². The van der Waals surface area contributed by atoms with Gasteiger partial charge in [-0.3, -0.25) is 9.89 Å². The van der Waals surface area contributed by atoms with Gasteiger partial charge in [0.05, 0.1) is 11.9 Å². The summed E-state index contributed by atoms with van der Waals surface area (Å²) in [5, 5.41) is 9.10. The molecule has 0 saturated heterocycles. The molecular weight excluding hydrogens is 168 g/mol. The van der Waals surface area contributed by atoms with Crippen molar-refractivity contribution in [3.05, 3.63) is 11.9 Å². The van der Waals surface area contributed by atoms with Crippen LogP contribution in [0.25, 0.3) is 0 Å². The molecule has 1 aromatic heterocycles. The second kappa shape index (κ2) is 2.76. The fourth-order valence-electron chi connectivity index (χ4n) is 1.24. The van der Waals surface area contributed by atoms with E-state index in [1.165, 1.54) is 6.20 Å². The van der Waals surface area contributed by atoms with Crippen LogP contribution in [0.1, 0.15) is 23.8 Å². The van der Waals surface area contributed by atoms with Gasteiger partial charge < -0.3 is 11.1 Å². The number of aromatic nitrogens is 2. The summed E-state index contributed by atoms with van der Waals surface area (Å²) >= 11 is 0. The lowest BCUT2D eigenvalue weighted by atomic mass is 10.3. The number of nitrogens with two attached hydrogens (primary N) is 1. The van der Waals surface area contributed by atoms with Crippen LogP contribution in [0.2, 0.25) is 0 Å². The average Bonchev–Trinajstić information content (AvgIpc) is 2.62. The Balaban J connectivity index is 2.01. The number of rotatable bonds is 2. The Labute approximate surface area is 75.7 Å². The van der Waals surface area contributed by atoms with Gasteiger partial charge in [-0.05, 0) is 12.3 Å². The minimum Gasteiger partial charge on any atom is -0.396 e. The number of hydrogen-bond acceptors (Lipinski definition) is 3. The third-order valence-electron chi connectivity index (χ3n) is 2.32. The average molecular weight is 180 g/mol. The molecule has 0 bridgehead atoms. The van der Waals surface area contributed by atoms with Crippen LogP contribution in [0.15, 0.2) is 6.20 Å². The molecule has 1 aliphatic rings. The molecule has 1 aliphatic carbocycles. The second-order valence-electron chi connectivity index (χ2n) is 3.49. The number of aromatic amines is 1. The summed E-state index contributed by atoms with van der Waals surface area (Å²) in [6, 6.07) is 0.315. The van der Waals surface area contributed by atoms with Crippen molar-refractivity contribution in [2.75, 3.05) is 5.73 Å². The van der Waals surface area contributed by atoms with Crippen LogP contribution in [0.4, 0.5) is 5.69 Å². The van der Waals surface area contributed by atoms with E-state index >= 15 is 0 Å². The maximum atomic E-state index is 11.5. The second-order valence-corrected chi connectivity index (χ2v) is 3.49. The Morgan fingerprint density at radius 1 is 1.85 bits per heavy atom. The summed E-state index contributed by atoms with van der Waals surface area (Å²) in [5.41, 5.74) is 6.27. The first-order valence-electron chi connectivity index (χ1n) is 4.28. The molecule has 0 aromatic carbocycles. The zero-order valence-corrected chi connectivity index (χ0v) is 7.37. The highest BCUT2D eigenvalue weighted by Crippen LogP contribution is 2.29. The molecule has 5 nitrogen and oxygen atoms in total. The summed E-state index contributed by atoms with van der Waals surface area (Å²) in [5.74, 6) is 0.428. The lowest BCUT2D eigenvalue weighted by Crippen LogP contribution is -2.27. The third kappa shape index (κ3) is 1.49. The molecule has 0 radical (unpaired) electrons. The molecule has 2 unspecified atom stereocenters. The van der Waals surface area contributed by atoms with Gasteiger partial charge in [-0.1, -0.05) is 6.92 Å². The first kappa shape index (κ1) is 8.10. The maximum absolute atomic E-state index is 11.5. The first-order valence-corrected chi connectivity index (χ1v) is 4.28. The summed E-state index contributed by atoms with van der Waals surface area (Å²) < 4.78 is 0. The molecule has 1 amide bonds. The van der Waals surface area contributed by atoms with Gasteiger partial charge in [-0.15, -0.1) is 0 Å². The number of anilines is 1. The zero-order valence-electron chi connectivity index (χ0n) is 7.37. The number of H-pyrrole nitrogens is 1. The van der Waals surface area contributed by atoms with Crippen molar-refractivity contribution in [3.63, 3.8) is 0 Å². The molecule has 1 saturated carbocycles. The third-order valence-corrected chi connectivity index (χ3v) is 2.32. The fourth-order valence-corrected chi connectivity index (χ4v) is 1.24. The quantitative estimate of drug-likeness (QED) is 0.604. The standard InChI is InChI=1S/C8H12N4O/c1-4-2-6(4)11-8(13)7-5(9)3-10-12-7/h3-4,6H,2,9H2,1H3,(H,10,12)(H,11,13). The highest BCUT2D eigenvalue weighted by Gasteiger charge is 2.34. The number of nitrogens with zero attached hydrogens (tertiary/aromatic N) is 1. The predicted octanol–water partition coefficient (Wildman–Crippen LogP) is 0.130. The van der Waals surface area contributed by atoms with Crippen molar-refractivity contribution >= 4 is 11.6 Å². The summed E-state index contributed by atoms with van der Waals surface area (Å²) in [7, 11) is 0. The predicted molar refractivity (Wildman–Crippen MR) is 48.0 cm³/mol. The molecule has 5 heteroatoms. The number of amides is 1. The van der Waals surface area contributed by atoms with Crippen LogP contribution in [-0.4, -0.2) is 22.1 Å². The van der Waals surface area contributed by atoms with E-state index in [2.05, 4.69) is 22.4 Å². The van der Waals surface area contributed by atoms with E-state index in [4.69, 9.17) is 5.73 Å². The smallest absolute Gasteiger partial charge is 0.271 e. The van der Waals surface area contributed by atoms with Gasteiger partial charge in [-0.2, -0.15) is 5.10 Å². The van der Waals surface area contributed by atoms with Crippen LogP contribution >= 0.6 is 0 Å². The highest BCUT2D eigenvalue weighted by atomic mass is 16.2. The fraction of sp³-hybridized carbons (Fsp3) is 0.500. The Morgan fingerprint density at radius 3 is 3.00 bits per heavy atom. The van der Waals surface area contributed by atoms with Crippen molar-refractivity contribution in [2.24, 2.45) is 5.92 Å². The molecule has 2 atom stereocenters. The Morgan fingerprint density at radius 2 is 2.54 bits per heavy atom. The van der Waals surface area contributed by atoms with Crippen LogP contribution < -0.4 is 11.1 Å².